The first-order valence-corrected chi connectivity index (χ1v) is 10.5. The molecule has 3 N–H and O–H groups in total. The van der Waals surface area contributed by atoms with Gasteiger partial charge in [0.2, 0.25) is 11.8 Å². The molecule has 1 atom stereocenters. The van der Waals surface area contributed by atoms with Crippen molar-refractivity contribution in [2.45, 2.75) is 17.7 Å². The number of carbonyl (C=O) groups excluding carboxylic acids is 3. The molecule has 2 aliphatic heterocycles. The molecule has 1 unspecified atom stereocenters. The van der Waals surface area contributed by atoms with Crippen molar-refractivity contribution in [1.82, 2.24) is 10.9 Å². The van der Waals surface area contributed by atoms with Crippen LogP contribution in [0.1, 0.15) is 23.2 Å². The molecule has 0 aromatic heterocycles. The maximum absolute atomic E-state index is 12.1. The number of amides is 3. The van der Waals surface area contributed by atoms with Gasteiger partial charge in [0.1, 0.15) is 0 Å². The average molecular weight is 383 g/mol. The Labute approximate surface area is 149 Å². The quantitative estimate of drug-likeness (QED) is 0.646. The molecule has 0 spiro atoms. The van der Waals surface area contributed by atoms with E-state index < -0.39 is 21.7 Å². The minimum absolute atomic E-state index is 0.0105. The number of rotatable bonds is 3. The highest BCUT2D eigenvalue weighted by molar-refractivity contribution is 8.00. The van der Waals surface area contributed by atoms with Gasteiger partial charge in [0, 0.05) is 16.9 Å². The zero-order chi connectivity index (χ0) is 18.0. The molecule has 2 heterocycles. The lowest BCUT2D eigenvalue weighted by molar-refractivity contribution is -0.122. The molecule has 25 heavy (non-hydrogen) atoms. The Morgan fingerprint density at radius 3 is 2.80 bits per heavy atom. The molecule has 3 amide bonds. The van der Waals surface area contributed by atoms with Crippen LogP contribution in [0.5, 0.6) is 0 Å². The number of thioether (sulfide) groups is 1. The van der Waals surface area contributed by atoms with Gasteiger partial charge in [0.05, 0.1) is 22.9 Å². The molecule has 134 valence electrons. The molecule has 1 aromatic rings. The van der Waals surface area contributed by atoms with Crippen LogP contribution in [-0.4, -0.2) is 43.4 Å². The van der Waals surface area contributed by atoms with Gasteiger partial charge >= 0.3 is 0 Å². The number of anilines is 1. The zero-order valence-electron chi connectivity index (χ0n) is 13.2. The third-order valence-electron chi connectivity index (χ3n) is 3.99. The van der Waals surface area contributed by atoms with E-state index in [0.717, 1.165) is 4.90 Å². The first-order chi connectivity index (χ1) is 11.8. The lowest BCUT2D eigenvalue weighted by atomic mass is 10.1. The lowest BCUT2D eigenvalue weighted by Crippen LogP contribution is -2.42. The number of hydrogen-bond donors (Lipinski definition) is 3. The van der Waals surface area contributed by atoms with E-state index in [4.69, 9.17) is 0 Å². The van der Waals surface area contributed by atoms with Crippen molar-refractivity contribution in [3.8, 4) is 0 Å². The number of sulfone groups is 1. The minimum Gasteiger partial charge on any atom is -0.324 e. The van der Waals surface area contributed by atoms with Crippen molar-refractivity contribution in [3.05, 3.63) is 23.8 Å². The highest BCUT2D eigenvalue weighted by atomic mass is 32.2. The van der Waals surface area contributed by atoms with E-state index in [-0.39, 0.29) is 29.8 Å². The van der Waals surface area contributed by atoms with E-state index in [1.165, 1.54) is 11.8 Å². The van der Waals surface area contributed by atoms with E-state index in [9.17, 15) is 22.8 Å². The van der Waals surface area contributed by atoms with Crippen LogP contribution in [0.4, 0.5) is 5.69 Å². The largest absolute Gasteiger partial charge is 0.324 e. The first kappa shape index (κ1) is 17.7. The van der Waals surface area contributed by atoms with Crippen LogP contribution in [0.3, 0.4) is 0 Å². The molecule has 1 aromatic carbocycles. The number of hydrazine groups is 1. The van der Waals surface area contributed by atoms with E-state index in [1.807, 2.05) is 0 Å². The summed E-state index contributed by atoms with van der Waals surface area (Å²) in [6, 6.07) is 4.89. The highest BCUT2D eigenvalue weighted by Crippen LogP contribution is 2.31. The van der Waals surface area contributed by atoms with Gasteiger partial charge in [-0.2, -0.15) is 0 Å². The van der Waals surface area contributed by atoms with Crippen molar-refractivity contribution < 1.29 is 22.8 Å². The minimum atomic E-state index is -3.03. The maximum atomic E-state index is 12.1. The van der Waals surface area contributed by atoms with Crippen LogP contribution >= 0.6 is 11.8 Å². The summed E-state index contributed by atoms with van der Waals surface area (Å²) in [4.78, 5) is 36.2. The van der Waals surface area contributed by atoms with Gasteiger partial charge in [0.25, 0.3) is 5.91 Å². The Kier molecular flexibility index (Phi) is 5.00. The first-order valence-electron chi connectivity index (χ1n) is 7.69. The molecular formula is C15H17N3O5S2. The summed E-state index contributed by atoms with van der Waals surface area (Å²) in [6.45, 7) is 0. The number of benzene rings is 1. The Balaban J connectivity index is 1.53. The third kappa shape index (κ3) is 4.51. The molecule has 3 rings (SSSR count). The fourth-order valence-corrected chi connectivity index (χ4v) is 5.42. The van der Waals surface area contributed by atoms with Gasteiger partial charge in [-0.15, -0.1) is 11.8 Å². The summed E-state index contributed by atoms with van der Waals surface area (Å²) in [7, 11) is -3.03. The van der Waals surface area contributed by atoms with Crippen molar-refractivity contribution in [3.63, 3.8) is 0 Å². The van der Waals surface area contributed by atoms with Gasteiger partial charge < -0.3 is 5.32 Å². The topological polar surface area (TPSA) is 121 Å². The van der Waals surface area contributed by atoms with Gasteiger partial charge in [-0.3, -0.25) is 25.2 Å². The van der Waals surface area contributed by atoms with Crippen molar-refractivity contribution in [2.24, 2.45) is 5.92 Å². The van der Waals surface area contributed by atoms with Crippen LogP contribution in [0.2, 0.25) is 0 Å². The standard InChI is InChI=1S/C15H17N3O5S2/c19-13(5-9-3-4-25(22,23)8-9)17-18-15(21)10-1-2-12-11(6-10)16-14(20)7-24-12/h1-2,6,9H,3-5,7-8H2,(H,16,20)(H,17,19)(H,18,21). The molecule has 0 radical (unpaired) electrons. The SMILES string of the molecule is O=C(CC1CCS(=O)(=O)C1)NNC(=O)c1ccc2c(c1)NC(=O)CS2. The monoisotopic (exact) mass is 383 g/mol. The summed E-state index contributed by atoms with van der Waals surface area (Å²) in [6.07, 6.45) is 0.516. The second kappa shape index (κ2) is 7.04. The second-order valence-electron chi connectivity index (χ2n) is 6.02. The fourth-order valence-electron chi connectivity index (χ4n) is 2.77. The molecule has 2 aliphatic rings. The molecule has 10 heteroatoms. The van der Waals surface area contributed by atoms with Gasteiger partial charge in [-0.25, -0.2) is 8.42 Å². The average Bonchev–Trinajstić information content (AvgIpc) is 2.90. The van der Waals surface area contributed by atoms with Crippen LogP contribution in [-0.2, 0) is 19.4 Å². The Morgan fingerprint density at radius 1 is 1.28 bits per heavy atom. The molecule has 8 nitrogen and oxygen atoms in total. The van der Waals surface area contributed by atoms with Crippen LogP contribution in [0.15, 0.2) is 23.1 Å². The summed E-state index contributed by atoms with van der Waals surface area (Å²) < 4.78 is 22.8. The Bertz CT molecular complexity index is 838. The van der Waals surface area contributed by atoms with Gasteiger partial charge in [-0.05, 0) is 30.5 Å². The van der Waals surface area contributed by atoms with Gasteiger partial charge in [0.15, 0.2) is 9.84 Å². The van der Waals surface area contributed by atoms with Crippen LogP contribution in [0.25, 0.3) is 0 Å². The molecule has 0 bridgehead atoms. The predicted octanol–water partition coefficient (Wildman–Crippen LogP) is 0.317. The van der Waals surface area contributed by atoms with E-state index in [2.05, 4.69) is 16.2 Å². The van der Waals surface area contributed by atoms with Crippen molar-refractivity contribution in [2.75, 3.05) is 22.6 Å². The highest BCUT2D eigenvalue weighted by Gasteiger charge is 2.29. The summed E-state index contributed by atoms with van der Waals surface area (Å²) >= 11 is 1.39. The van der Waals surface area contributed by atoms with Gasteiger partial charge in [-0.1, -0.05) is 0 Å². The van der Waals surface area contributed by atoms with Crippen molar-refractivity contribution >= 4 is 45.0 Å². The summed E-state index contributed by atoms with van der Waals surface area (Å²) in [5, 5.41) is 2.69. The van der Waals surface area contributed by atoms with Crippen molar-refractivity contribution in [1.29, 1.82) is 0 Å². The molecule has 1 saturated heterocycles. The molecule has 1 fully saturated rings. The number of nitrogens with one attached hydrogen (secondary N) is 3. The summed E-state index contributed by atoms with van der Waals surface area (Å²) in [5.74, 6) is -0.830. The summed E-state index contributed by atoms with van der Waals surface area (Å²) in [5.41, 5.74) is 5.46. The van der Waals surface area contributed by atoms with Crippen LogP contribution < -0.4 is 16.2 Å². The smallest absolute Gasteiger partial charge is 0.269 e. The molecule has 0 saturated carbocycles. The molecular weight excluding hydrogens is 366 g/mol. The van der Waals surface area contributed by atoms with Crippen LogP contribution in [0, 0.1) is 5.92 Å². The fraction of sp³-hybridized carbons (Fsp3) is 0.400. The zero-order valence-corrected chi connectivity index (χ0v) is 14.8. The normalized spacial score (nSPS) is 21.1. The lowest BCUT2D eigenvalue weighted by Gasteiger charge is -2.17. The third-order valence-corrected chi connectivity index (χ3v) is 6.90. The Morgan fingerprint density at radius 2 is 2.08 bits per heavy atom. The molecule has 0 aliphatic carbocycles. The van der Waals surface area contributed by atoms with E-state index >= 15 is 0 Å². The second-order valence-corrected chi connectivity index (χ2v) is 9.27. The maximum Gasteiger partial charge on any atom is 0.269 e. The predicted molar refractivity (Wildman–Crippen MR) is 92.8 cm³/mol. The number of hydrogen-bond acceptors (Lipinski definition) is 6. The number of fused-ring (bicyclic) bond motifs is 1. The van der Waals surface area contributed by atoms with E-state index in [0.29, 0.717) is 23.4 Å². The Hall–Kier alpha value is -2.07. The van der Waals surface area contributed by atoms with E-state index in [1.54, 1.807) is 18.2 Å². The number of carbonyl (C=O) groups is 3.